The summed E-state index contributed by atoms with van der Waals surface area (Å²) < 4.78 is 1.61. The lowest BCUT2D eigenvalue weighted by atomic mass is 10.3. The number of rotatable bonds is 3. The zero-order valence-corrected chi connectivity index (χ0v) is 12.3. The number of halogens is 1. The Balaban J connectivity index is 2.12. The van der Waals surface area contributed by atoms with Crippen LogP contribution in [0.3, 0.4) is 0 Å². The van der Waals surface area contributed by atoms with Crippen LogP contribution in [0.25, 0.3) is 5.65 Å². The Morgan fingerprint density at radius 2 is 1.95 bits per heavy atom. The minimum atomic E-state index is -1.15. The van der Waals surface area contributed by atoms with Crippen LogP contribution in [0.2, 0.25) is 5.02 Å². The first-order valence-corrected chi connectivity index (χ1v) is 6.82. The van der Waals surface area contributed by atoms with E-state index in [-0.39, 0.29) is 11.5 Å². The lowest BCUT2D eigenvalue weighted by Crippen LogP contribution is -1.96. The summed E-state index contributed by atoms with van der Waals surface area (Å²) >= 11 is 5.81. The van der Waals surface area contributed by atoms with E-state index < -0.39 is 5.97 Å². The smallest absolute Gasteiger partial charge is 0.358 e. The molecule has 3 rings (SSSR count). The monoisotopic (exact) mass is 314 g/mol. The number of fused-ring (bicyclic) bond motifs is 1. The van der Waals surface area contributed by atoms with Crippen LogP contribution in [0, 0.1) is 6.92 Å². The van der Waals surface area contributed by atoms with Crippen molar-refractivity contribution in [3.63, 3.8) is 0 Å². The summed E-state index contributed by atoms with van der Waals surface area (Å²) in [6, 6.07) is 10.4. The molecule has 1 aromatic carbocycles. The molecule has 110 valence electrons. The van der Waals surface area contributed by atoms with E-state index in [0.29, 0.717) is 16.4 Å². The number of aromatic carboxylic acids is 1. The highest BCUT2D eigenvalue weighted by atomic mass is 35.5. The number of imidazole rings is 1. The Kier molecular flexibility index (Phi) is 3.60. The summed E-state index contributed by atoms with van der Waals surface area (Å²) in [5.41, 5.74) is 1.85. The Bertz CT molecular complexity index is 884. The molecule has 2 aromatic heterocycles. The van der Waals surface area contributed by atoms with Gasteiger partial charge in [-0.25, -0.2) is 9.78 Å². The van der Waals surface area contributed by atoms with Crippen LogP contribution >= 0.6 is 11.6 Å². The third kappa shape index (κ3) is 2.56. The molecule has 0 bridgehead atoms. The molecule has 0 fully saturated rings. The van der Waals surface area contributed by atoms with Crippen LogP contribution in [0.4, 0.5) is 11.5 Å². The third-order valence-electron chi connectivity index (χ3n) is 3.11. The van der Waals surface area contributed by atoms with Crippen molar-refractivity contribution in [2.45, 2.75) is 6.92 Å². The second-order valence-electron chi connectivity index (χ2n) is 4.65. The highest BCUT2D eigenvalue weighted by molar-refractivity contribution is 6.30. The number of benzene rings is 1. The van der Waals surface area contributed by atoms with Crippen LogP contribution < -0.4 is 0 Å². The van der Waals surface area contributed by atoms with Crippen molar-refractivity contribution < 1.29 is 9.90 Å². The van der Waals surface area contributed by atoms with Crippen molar-refractivity contribution in [2.75, 3.05) is 0 Å². The Morgan fingerprint density at radius 3 is 2.64 bits per heavy atom. The molecule has 0 aliphatic heterocycles. The zero-order chi connectivity index (χ0) is 15.7. The maximum atomic E-state index is 11.4. The second kappa shape index (κ2) is 5.57. The van der Waals surface area contributed by atoms with E-state index in [2.05, 4.69) is 15.2 Å². The van der Waals surface area contributed by atoms with Crippen molar-refractivity contribution in [2.24, 2.45) is 10.2 Å². The minimum absolute atomic E-state index is 0.132. The standard InChI is InChI=1S/C15H11ClN4O2/c1-9-3-2-8-20-13(9)17-12(15(21)22)14(20)19-18-11-6-4-10(16)5-7-11/h2-8H,1H3,(H,21,22). The molecule has 0 saturated heterocycles. The maximum Gasteiger partial charge on any atom is 0.358 e. The quantitative estimate of drug-likeness (QED) is 0.727. The van der Waals surface area contributed by atoms with E-state index in [1.165, 1.54) is 0 Å². The molecule has 1 N–H and O–H groups in total. The van der Waals surface area contributed by atoms with Crippen molar-refractivity contribution >= 4 is 34.7 Å². The van der Waals surface area contributed by atoms with E-state index >= 15 is 0 Å². The summed E-state index contributed by atoms with van der Waals surface area (Å²) in [6.07, 6.45) is 1.71. The van der Waals surface area contributed by atoms with Gasteiger partial charge in [-0.3, -0.25) is 4.40 Å². The zero-order valence-electron chi connectivity index (χ0n) is 11.6. The van der Waals surface area contributed by atoms with Crippen LogP contribution in [0.15, 0.2) is 52.8 Å². The molecular weight excluding hydrogens is 304 g/mol. The molecular formula is C15H11ClN4O2. The van der Waals surface area contributed by atoms with Gasteiger partial charge in [-0.2, -0.15) is 0 Å². The molecule has 0 aliphatic carbocycles. The average molecular weight is 315 g/mol. The molecule has 22 heavy (non-hydrogen) atoms. The topological polar surface area (TPSA) is 79.3 Å². The first-order valence-electron chi connectivity index (χ1n) is 6.44. The lowest BCUT2D eigenvalue weighted by molar-refractivity contribution is 0.0692. The van der Waals surface area contributed by atoms with Gasteiger partial charge in [0, 0.05) is 11.2 Å². The third-order valence-corrected chi connectivity index (χ3v) is 3.36. The second-order valence-corrected chi connectivity index (χ2v) is 5.09. The highest BCUT2D eigenvalue weighted by Gasteiger charge is 2.19. The van der Waals surface area contributed by atoms with Gasteiger partial charge in [0.25, 0.3) is 0 Å². The van der Waals surface area contributed by atoms with Gasteiger partial charge in [-0.1, -0.05) is 17.7 Å². The predicted molar refractivity (Wildman–Crippen MR) is 82.5 cm³/mol. The molecule has 0 aliphatic rings. The predicted octanol–water partition coefficient (Wildman–Crippen LogP) is 4.41. The van der Waals surface area contributed by atoms with Gasteiger partial charge < -0.3 is 5.11 Å². The van der Waals surface area contributed by atoms with Gasteiger partial charge >= 0.3 is 5.97 Å². The molecule has 0 atom stereocenters. The number of azo groups is 1. The van der Waals surface area contributed by atoms with Crippen molar-refractivity contribution in [3.05, 3.63) is 58.9 Å². The molecule has 6 nitrogen and oxygen atoms in total. The number of aromatic nitrogens is 2. The molecule has 0 saturated carbocycles. The fourth-order valence-electron chi connectivity index (χ4n) is 2.04. The van der Waals surface area contributed by atoms with Gasteiger partial charge in [0.2, 0.25) is 0 Å². The number of hydrogen-bond acceptors (Lipinski definition) is 4. The minimum Gasteiger partial charge on any atom is -0.476 e. The molecule has 0 spiro atoms. The highest BCUT2D eigenvalue weighted by Crippen LogP contribution is 2.26. The summed E-state index contributed by atoms with van der Waals surface area (Å²) in [6.45, 7) is 1.86. The van der Waals surface area contributed by atoms with Crippen LogP contribution in [0.1, 0.15) is 16.1 Å². The fraction of sp³-hybridized carbons (Fsp3) is 0.0667. The van der Waals surface area contributed by atoms with Gasteiger partial charge in [0.05, 0.1) is 5.69 Å². The van der Waals surface area contributed by atoms with E-state index in [1.807, 2.05) is 13.0 Å². The van der Waals surface area contributed by atoms with E-state index in [1.54, 1.807) is 40.9 Å². The summed E-state index contributed by atoms with van der Waals surface area (Å²) in [5.74, 6) is -0.964. The Labute approximate surface area is 130 Å². The molecule has 0 radical (unpaired) electrons. The van der Waals surface area contributed by atoms with Crippen LogP contribution in [0.5, 0.6) is 0 Å². The molecule has 7 heteroatoms. The van der Waals surface area contributed by atoms with Gasteiger partial charge in [0.1, 0.15) is 5.65 Å². The molecule has 2 heterocycles. The van der Waals surface area contributed by atoms with Crippen molar-refractivity contribution in [1.82, 2.24) is 9.38 Å². The lowest BCUT2D eigenvalue weighted by Gasteiger charge is -1.98. The Morgan fingerprint density at radius 1 is 1.23 bits per heavy atom. The molecule has 0 unspecified atom stereocenters. The van der Waals surface area contributed by atoms with E-state index in [0.717, 1.165) is 5.56 Å². The first kappa shape index (κ1) is 14.2. The number of carbonyl (C=O) groups is 1. The van der Waals surface area contributed by atoms with E-state index in [4.69, 9.17) is 11.6 Å². The van der Waals surface area contributed by atoms with Crippen LogP contribution in [-0.4, -0.2) is 20.5 Å². The van der Waals surface area contributed by atoms with Gasteiger partial charge in [0.15, 0.2) is 11.5 Å². The SMILES string of the molecule is Cc1cccn2c(N=Nc3ccc(Cl)cc3)c(C(=O)O)nc12. The number of carboxylic acid groups (broad SMARTS) is 1. The normalized spacial score (nSPS) is 11.4. The fourth-order valence-corrected chi connectivity index (χ4v) is 2.17. The van der Waals surface area contributed by atoms with Crippen molar-refractivity contribution in [3.8, 4) is 0 Å². The van der Waals surface area contributed by atoms with E-state index in [9.17, 15) is 9.90 Å². The summed E-state index contributed by atoms with van der Waals surface area (Å²) in [7, 11) is 0. The maximum absolute atomic E-state index is 11.4. The van der Waals surface area contributed by atoms with Gasteiger partial charge in [-0.15, -0.1) is 10.2 Å². The average Bonchev–Trinajstić information content (AvgIpc) is 2.87. The van der Waals surface area contributed by atoms with Crippen molar-refractivity contribution in [1.29, 1.82) is 0 Å². The summed E-state index contributed by atoms with van der Waals surface area (Å²) in [4.78, 5) is 15.5. The number of nitrogens with zero attached hydrogens (tertiary/aromatic N) is 4. The Hall–Kier alpha value is -2.73. The van der Waals surface area contributed by atoms with Gasteiger partial charge in [-0.05, 0) is 42.8 Å². The molecule has 3 aromatic rings. The number of pyridine rings is 1. The number of hydrogen-bond donors (Lipinski definition) is 1. The molecule has 0 amide bonds. The first-order chi connectivity index (χ1) is 10.6. The largest absolute Gasteiger partial charge is 0.476 e. The number of aryl methyl sites for hydroxylation is 1. The summed E-state index contributed by atoms with van der Waals surface area (Å²) in [5, 5.41) is 18.0. The van der Waals surface area contributed by atoms with Crippen LogP contribution in [-0.2, 0) is 0 Å². The number of carboxylic acids is 1.